The molecule has 0 aliphatic rings. The van der Waals surface area contributed by atoms with Gasteiger partial charge in [-0.15, -0.1) is 6.42 Å². The number of aryl methyl sites for hydroxylation is 2. The van der Waals surface area contributed by atoms with E-state index in [9.17, 15) is 4.39 Å². The van der Waals surface area contributed by atoms with Crippen molar-refractivity contribution in [1.82, 2.24) is 0 Å². The minimum Gasteiger partial charge on any atom is -0.206 e. The number of benzene rings is 2. The third-order valence-electron chi connectivity index (χ3n) is 4.67. The number of halogens is 1. The lowest BCUT2D eigenvalue weighted by Gasteiger charge is -2.12. The summed E-state index contributed by atoms with van der Waals surface area (Å²) >= 11 is 0. The molecule has 2 aromatic rings. The Balaban J connectivity index is 2.07. The van der Waals surface area contributed by atoms with E-state index in [4.69, 9.17) is 6.42 Å². The van der Waals surface area contributed by atoms with Crippen molar-refractivity contribution in [2.75, 3.05) is 0 Å². The normalized spacial score (nSPS) is 12.0. The lowest BCUT2D eigenvalue weighted by molar-refractivity contribution is 0.469. The first-order valence-corrected chi connectivity index (χ1v) is 8.91. The van der Waals surface area contributed by atoms with Crippen molar-refractivity contribution in [1.29, 1.82) is 0 Å². The minimum absolute atomic E-state index is 0.314. The fourth-order valence-corrected chi connectivity index (χ4v) is 3.30. The number of hydrogen-bond donors (Lipinski definition) is 0. The Hall–Kier alpha value is -2.07. The maximum atomic E-state index is 13.9. The molecule has 1 heteroatoms. The summed E-state index contributed by atoms with van der Waals surface area (Å²) in [5.41, 5.74) is 4.81. The molecule has 0 heterocycles. The van der Waals surface area contributed by atoms with Crippen LogP contribution in [0.5, 0.6) is 0 Å². The predicted octanol–water partition coefficient (Wildman–Crippen LogP) is 6.54. The van der Waals surface area contributed by atoms with Gasteiger partial charge in [-0.3, -0.25) is 0 Å². The van der Waals surface area contributed by atoms with Gasteiger partial charge in [0.25, 0.3) is 0 Å². The van der Waals surface area contributed by atoms with Gasteiger partial charge in [0.1, 0.15) is 5.82 Å². The molecule has 0 aliphatic carbocycles. The van der Waals surface area contributed by atoms with Crippen LogP contribution in [-0.4, -0.2) is 0 Å². The third kappa shape index (κ3) is 4.71. The second-order valence-electron chi connectivity index (χ2n) is 6.77. The van der Waals surface area contributed by atoms with Gasteiger partial charge in [0.05, 0.1) is 5.56 Å². The maximum Gasteiger partial charge on any atom is 0.139 e. The van der Waals surface area contributed by atoms with Crippen LogP contribution in [0.15, 0.2) is 36.4 Å². The first kappa shape index (κ1) is 18.3. The smallest absolute Gasteiger partial charge is 0.139 e. The first-order chi connectivity index (χ1) is 11.5. The molecule has 0 aliphatic heterocycles. The van der Waals surface area contributed by atoms with Crippen molar-refractivity contribution in [2.24, 2.45) is 5.92 Å². The van der Waals surface area contributed by atoms with E-state index in [0.717, 1.165) is 23.5 Å². The molecule has 0 amide bonds. The molecular formula is C23H27F. The molecular weight excluding hydrogens is 295 g/mol. The van der Waals surface area contributed by atoms with Crippen LogP contribution in [0.1, 0.15) is 56.2 Å². The summed E-state index contributed by atoms with van der Waals surface area (Å²) < 4.78 is 13.9. The largest absolute Gasteiger partial charge is 0.206 e. The summed E-state index contributed by atoms with van der Waals surface area (Å²) in [6.45, 7) is 6.68. The van der Waals surface area contributed by atoms with Crippen molar-refractivity contribution >= 4 is 0 Å². The summed E-state index contributed by atoms with van der Waals surface area (Å²) in [7, 11) is 0. The summed E-state index contributed by atoms with van der Waals surface area (Å²) in [4.78, 5) is 0. The fourth-order valence-electron chi connectivity index (χ4n) is 3.30. The summed E-state index contributed by atoms with van der Waals surface area (Å²) in [5.74, 6) is 2.85. The SMILES string of the molecule is C#Cc1ccc(-c2ccc(CCCC(C)CCC)cc2C)cc1F. The van der Waals surface area contributed by atoms with Crippen LogP contribution in [0.4, 0.5) is 4.39 Å². The van der Waals surface area contributed by atoms with Gasteiger partial charge < -0.3 is 0 Å². The van der Waals surface area contributed by atoms with Gasteiger partial charge in [0.15, 0.2) is 0 Å². The zero-order valence-electron chi connectivity index (χ0n) is 15.0. The van der Waals surface area contributed by atoms with E-state index in [1.807, 2.05) is 6.07 Å². The highest BCUT2D eigenvalue weighted by Gasteiger charge is 2.07. The number of terminal acetylenes is 1. The van der Waals surface area contributed by atoms with E-state index >= 15 is 0 Å². The molecule has 1 unspecified atom stereocenters. The van der Waals surface area contributed by atoms with Crippen LogP contribution in [0, 0.1) is 31.0 Å². The Morgan fingerprint density at radius 3 is 2.54 bits per heavy atom. The predicted molar refractivity (Wildman–Crippen MR) is 102 cm³/mol. The van der Waals surface area contributed by atoms with E-state index in [1.54, 1.807) is 6.07 Å². The fraction of sp³-hybridized carbons (Fsp3) is 0.391. The molecule has 0 saturated carbocycles. The van der Waals surface area contributed by atoms with E-state index in [-0.39, 0.29) is 5.82 Å². The van der Waals surface area contributed by atoms with Crippen LogP contribution in [0.2, 0.25) is 0 Å². The quantitative estimate of drug-likeness (QED) is 0.508. The molecule has 126 valence electrons. The van der Waals surface area contributed by atoms with E-state index < -0.39 is 0 Å². The van der Waals surface area contributed by atoms with E-state index in [1.165, 1.54) is 42.9 Å². The molecule has 0 saturated heterocycles. The van der Waals surface area contributed by atoms with Crippen molar-refractivity contribution in [2.45, 2.75) is 52.9 Å². The average molecular weight is 322 g/mol. The number of rotatable bonds is 7. The second-order valence-corrected chi connectivity index (χ2v) is 6.77. The standard InChI is InChI=1S/C23H27F/c1-5-8-17(3)9-7-10-19-11-14-22(18(4)15-19)21-13-12-20(6-2)23(24)16-21/h2,11-17H,5,7-10H2,1,3-4H3. The molecule has 2 aromatic carbocycles. The summed E-state index contributed by atoms with van der Waals surface area (Å²) in [5, 5.41) is 0. The molecule has 24 heavy (non-hydrogen) atoms. The van der Waals surface area contributed by atoms with Gasteiger partial charge in [0, 0.05) is 0 Å². The van der Waals surface area contributed by atoms with Crippen LogP contribution < -0.4 is 0 Å². The first-order valence-electron chi connectivity index (χ1n) is 8.91. The van der Waals surface area contributed by atoms with Crippen LogP contribution >= 0.6 is 0 Å². The van der Waals surface area contributed by atoms with Crippen LogP contribution in [0.25, 0.3) is 11.1 Å². The second kappa shape index (κ2) is 8.69. The Morgan fingerprint density at radius 1 is 1.12 bits per heavy atom. The molecule has 0 nitrogen and oxygen atoms in total. The Bertz CT molecular complexity index is 721. The average Bonchev–Trinajstić information content (AvgIpc) is 2.55. The van der Waals surface area contributed by atoms with Gasteiger partial charge in [0.2, 0.25) is 0 Å². The lowest BCUT2D eigenvalue weighted by Crippen LogP contribution is -1.96. The monoisotopic (exact) mass is 322 g/mol. The molecule has 0 N–H and O–H groups in total. The van der Waals surface area contributed by atoms with Crippen molar-refractivity contribution in [3.05, 3.63) is 58.9 Å². The van der Waals surface area contributed by atoms with Gasteiger partial charge in [-0.2, -0.15) is 0 Å². The highest BCUT2D eigenvalue weighted by molar-refractivity contribution is 5.68. The molecule has 0 bridgehead atoms. The van der Waals surface area contributed by atoms with Gasteiger partial charge in [-0.25, -0.2) is 4.39 Å². The Morgan fingerprint density at radius 2 is 1.92 bits per heavy atom. The summed E-state index contributed by atoms with van der Waals surface area (Å²) in [6, 6.07) is 11.6. The van der Waals surface area contributed by atoms with E-state index in [2.05, 4.69) is 44.9 Å². The molecule has 0 radical (unpaired) electrons. The van der Waals surface area contributed by atoms with Gasteiger partial charge >= 0.3 is 0 Å². The zero-order valence-corrected chi connectivity index (χ0v) is 15.0. The van der Waals surface area contributed by atoms with Crippen molar-refractivity contribution in [3.63, 3.8) is 0 Å². The molecule has 0 spiro atoms. The topological polar surface area (TPSA) is 0 Å². The van der Waals surface area contributed by atoms with Crippen molar-refractivity contribution < 1.29 is 4.39 Å². The zero-order chi connectivity index (χ0) is 17.5. The highest BCUT2D eigenvalue weighted by Crippen LogP contribution is 2.26. The van der Waals surface area contributed by atoms with Crippen molar-refractivity contribution in [3.8, 4) is 23.5 Å². The van der Waals surface area contributed by atoms with Crippen LogP contribution in [0.3, 0.4) is 0 Å². The van der Waals surface area contributed by atoms with Crippen LogP contribution in [-0.2, 0) is 6.42 Å². The van der Waals surface area contributed by atoms with Gasteiger partial charge in [-0.1, -0.05) is 63.3 Å². The highest BCUT2D eigenvalue weighted by atomic mass is 19.1. The third-order valence-corrected chi connectivity index (χ3v) is 4.67. The molecule has 0 aromatic heterocycles. The maximum absolute atomic E-state index is 13.9. The molecule has 1 atom stereocenters. The molecule has 0 fully saturated rings. The Labute approximate surface area is 146 Å². The molecule has 2 rings (SSSR count). The van der Waals surface area contributed by atoms with E-state index in [0.29, 0.717) is 5.56 Å². The minimum atomic E-state index is -0.330. The van der Waals surface area contributed by atoms with Gasteiger partial charge in [-0.05, 0) is 60.1 Å². The Kier molecular flexibility index (Phi) is 6.62. The lowest BCUT2D eigenvalue weighted by atomic mass is 9.94. The summed E-state index contributed by atoms with van der Waals surface area (Å²) in [6.07, 6.45) is 11.5. The number of hydrogen-bond acceptors (Lipinski definition) is 0.